The Morgan fingerprint density at radius 3 is 2.88 bits per heavy atom. The minimum atomic E-state index is 0.164. The average Bonchev–Trinajstić information content (AvgIpc) is 2.87. The lowest BCUT2D eigenvalue weighted by Gasteiger charge is -2.09. The fourth-order valence-corrected chi connectivity index (χ4v) is 2.21. The highest BCUT2D eigenvalue weighted by atomic mass is 32.1. The van der Waals surface area contributed by atoms with E-state index >= 15 is 0 Å². The molecule has 2 rings (SSSR count). The smallest absolute Gasteiger partial charge is 0.203 e. The molecule has 2 heterocycles. The van der Waals surface area contributed by atoms with Crippen LogP contribution in [0.4, 0.5) is 5.13 Å². The van der Waals surface area contributed by atoms with Gasteiger partial charge in [-0.1, -0.05) is 13.8 Å². The average molecular weight is 251 g/mol. The molecule has 5 nitrogen and oxygen atoms in total. The number of rotatable bonds is 5. The Labute approximate surface area is 105 Å². The SMILES string of the molecule is CC(C)Cc1nsc(N[C@H](C)c2ccn[nH]2)n1. The Bertz CT molecular complexity index is 448. The molecule has 0 aromatic carbocycles. The molecule has 1 atom stereocenters. The van der Waals surface area contributed by atoms with E-state index in [-0.39, 0.29) is 6.04 Å². The molecule has 0 aliphatic carbocycles. The van der Waals surface area contributed by atoms with E-state index in [0.717, 1.165) is 23.1 Å². The first-order valence-electron chi connectivity index (χ1n) is 5.73. The number of nitrogens with zero attached hydrogens (tertiary/aromatic N) is 3. The van der Waals surface area contributed by atoms with Gasteiger partial charge in [0.2, 0.25) is 5.13 Å². The van der Waals surface area contributed by atoms with Gasteiger partial charge in [-0.25, -0.2) is 4.98 Å². The molecule has 0 radical (unpaired) electrons. The number of nitrogens with one attached hydrogen (secondary N) is 2. The second kappa shape index (κ2) is 5.27. The Hall–Kier alpha value is -1.43. The molecule has 2 N–H and O–H groups in total. The van der Waals surface area contributed by atoms with Gasteiger partial charge in [0.25, 0.3) is 0 Å². The van der Waals surface area contributed by atoms with Crippen molar-refractivity contribution in [2.45, 2.75) is 33.2 Å². The molecule has 0 amide bonds. The van der Waals surface area contributed by atoms with Crippen LogP contribution in [0.15, 0.2) is 12.3 Å². The van der Waals surface area contributed by atoms with Gasteiger partial charge in [-0.2, -0.15) is 9.47 Å². The Morgan fingerprint density at radius 1 is 1.41 bits per heavy atom. The lowest BCUT2D eigenvalue weighted by molar-refractivity contribution is 0.627. The van der Waals surface area contributed by atoms with Crippen LogP contribution < -0.4 is 5.32 Å². The molecule has 0 fully saturated rings. The van der Waals surface area contributed by atoms with E-state index in [1.165, 1.54) is 11.5 Å². The molecule has 2 aromatic heterocycles. The van der Waals surface area contributed by atoms with Crippen LogP contribution in [0.2, 0.25) is 0 Å². The summed E-state index contributed by atoms with van der Waals surface area (Å²) in [7, 11) is 0. The van der Waals surface area contributed by atoms with E-state index in [9.17, 15) is 0 Å². The number of H-pyrrole nitrogens is 1. The first-order chi connectivity index (χ1) is 8.15. The highest BCUT2D eigenvalue weighted by Crippen LogP contribution is 2.19. The summed E-state index contributed by atoms with van der Waals surface area (Å²) in [5.41, 5.74) is 1.05. The fraction of sp³-hybridized carbons (Fsp3) is 0.545. The normalized spacial score (nSPS) is 12.9. The molecule has 0 saturated carbocycles. The third-order valence-electron chi connectivity index (χ3n) is 2.39. The Kier molecular flexibility index (Phi) is 3.73. The molecule has 0 aliphatic heterocycles. The van der Waals surface area contributed by atoms with E-state index in [1.807, 2.05) is 6.07 Å². The fourth-order valence-electron chi connectivity index (χ4n) is 1.53. The number of aromatic amines is 1. The largest absolute Gasteiger partial charge is 0.352 e. The predicted molar refractivity (Wildman–Crippen MR) is 69.1 cm³/mol. The van der Waals surface area contributed by atoms with Crippen molar-refractivity contribution in [3.8, 4) is 0 Å². The summed E-state index contributed by atoms with van der Waals surface area (Å²) >= 11 is 1.41. The van der Waals surface area contributed by atoms with Crippen LogP contribution in [0.3, 0.4) is 0 Å². The molecule has 6 heteroatoms. The van der Waals surface area contributed by atoms with Gasteiger partial charge in [-0.05, 0) is 18.9 Å². The molecule has 0 unspecified atom stereocenters. The van der Waals surface area contributed by atoms with Gasteiger partial charge in [0.15, 0.2) is 0 Å². The third-order valence-corrected chi connectivity index (χ3v) is 3.07. The van der Waals surface area contributed by atoms with Crippen molar-refractivity contribution in [3.63, 3.8) is 0 Å². The van der Waals surface area contributed by atoms with Crippen LogP contribution >= 0.6 is 11.5 Å². The van der Waals surface area contributed by atoms with Crippen molar-refractivity contribution in [2.24, 2.45) is 5.92 Å². The molecular weight excluding hydrogens is 234 g/mol. The van der Waals surface area contributed by atoms with Gasteiger partial charge in [0.05, 0.1) is 11.7 Å². The maximum absolute atomic E-state index is 4.46. The summed E-state index contributed by atoms with van der Waals surface area (Å²) in [6.45, 7) is 6.40. The lowest BCUT2D eigenvalue weighted by Crippen LogP contribution is -2.07. The molecule has 92 valence electrons. The molecular formula is C11H17N5S. The Balaban J connectivity index is 1.97. The van der Waals surface area contributed by atoms with Crippen LogP contribution in [0.5, 0.6) is 0 Å². The van der Waals surface area contributed by atoms with Gasteiger partial charge in [-0.15, -0.1) is 0 Å². The highest BCUT2D eigenvalue weighted by molar-refractivity contribution is 7.09. The summed E-state index contributed by atoms with van der Waals surface area (Å²) in [6, 6.07) is 2.12. The molecule has 0 aliphatic rings. The van der Waals surface area contributed by atoms with Crippen molar-refractivity contribution in [3.05, 3.63) is 23.8 Å². The van der Waals surface area contributed by atoms with Gasteiger partial charge >= 0.3 is 0 Å². The van der Waals surface area contributed by atoms with E-state index < -0.39 is 0 Å². The summed E-state index contributed by atoms with van der Waals surface area (Å²) in [4.78, 5) is 4.46. The quantitative estimate of drug-likeness (QED) is 0.857. The van der Waals surface area contributed by atoms with Crippen molar-refractivity contribution in [1.82, 2.24) is 19.6 Å². The van der Waals surface area contributed by atoms with Crippen LogP contribution in [-0.4, -0.2) is 19.6 Å². The van der Waals surface area contributed by atoms with Gasteiger partial charge < -0.3 is 5.32 Å². The van der Waals surface area contributed by atoms with Crippen LogP contribution in [0, 0.1) is 5.92 Å². The summed E-state index contributed by atoms with van der Waals surface area (Å²) in [5, 5.41) is 11.0. The maximum atomic E-state index is 4.46. The topological polar surface area (TPSA) is 66.5 Å². The van der Waals surface area contributed by atoms with Crippen molar-refractivity contribution in [1.29, 1.82) is 0 Å². The summed E-state index contributed by atoms with van der Waals surface area (Å²) < 4.78 is 4.33. The van der Waals surface area contributed by atoms with Gasteiger partial charge in [0.1, 0.15) is 5.82 Å². The molecule has 0 spiro atoms. The van der Waals surface area contributed by atoms with Crippen LogP contribution in [-0.2, 0) is 6.42 Å². The zero-order valence-electron chi connectivity index (χ0n) is 10.3. The highest BCUT2D eigenvalue weighted by Gasteiger charge is 2.10. The molecule has 0 saturated heterocycles. The van der Waals surface area contributed by atoms with E-state index in [2.05, 4.69) is 45.6 Å². The van der Waals surface area contributed by atoms with Crippen LogP contribution in [0.1, 0.15) is 38.3 Å². The minimum absolute atomic E-state index is 0.164. The Morgan fingerprint density at radius 2 is 2.24 bits per heavy atom. The molecule has 2 aromatic rings. The number of hydrogen-bond donors (Lipinski definition) is 2. The number of hydrogen-bond acceptors (Lipinski definition) is 5. The predicted octanol–water partition coefficient (Wildman–Crippen LogP) is 2.63. The van der Waals surface area contributed by atoms with Gasteiger partial charge in [0, 0.05) is 24.2 Å². The number of anilines is 1. The standard InChI is InChI=1S/C11H17N5S/c1-7(2)6-10-14-11(17-16-10)13-8(3)9-4-5-12-15-9/h4-5,7-8H,6H2,1-3H3,(H,12,15)(H,13,14,16)/t8-/m1/s1. The van der Waals surface area contributed by atoms with E-state index in [1.54, 1.807) is 6.20 Å². The first kappa shape index (κ1) is 12.0. The molecule has 0 bridgehead atoms. The minimum Gasteiger partial charge on any atom is -0.352 e. The lowest BCUT2D eigenvalue weighted by atomic mass is 10.1. The summed E-state index contributed by atoms with van der Waals surface area (Å²) in [5.74, 6) is 1.51. The van der Waals surface area contributed by atoms with Gasteiger partial charge in [-0.3, -0.25) is 5.10 Å². The van der Waals surface area contributed by atoms with Crippen LogP contribution in [0.25, 0.3) is 0 Å². The van der Waals surface area contributed by atoms with E-state index in [4.69, 9.17) is 0 Å². The summed E-state index contributed by atoms with van der Waals surface area (Å²) in [6.07, 6.45) is 2.68. The number of aromatic nitrogens is 4. The monoisotopic (exact) mass is 251 g/mol. The third kappa shape index (κ3) is 3.26. The van der Waals surface area contributed by atoms with Crippen molar-refractivity contribution < 1.29 is 0 Å². The zero-order chi connectivity index (χ0) is 12.3. The second-order valence-corrected chi connectivity index (χ2v) is 5.24. The van der Waals surface area contributed by atoms with Crippen molar-refractivity contribution in [2.75, 3.05) is 5.32 Å². The maximum Gasteiger partial charge on any atom is 0.203 e. The second-order valence-electron chi connectivity index (χ2n) is 4.49. The molecule has 17 heavy (non-hydrogen) atoms. The van der Waals surface area contributed by atoms with E-state index in [0.29, 0.717) is 5.92 Å². The first-order valence-corrected chi connectivity index (χ1v) is 6.51. The zero-order valence-corrected chi connectivity index (χ0v) is 11.1. The van der Waals surface area contributed by atoms with Crippen molar-refractivity contribution >= 4 is 16.7 Å².